The number of hydrogen-bond acceptors (Lipinski definition) is 3. The van der Waals surface area contributed by atoms with E-state index in [2.05, 4.69) is 0 Å². The molecule has 2 atom stereocenters. The number of likely N-dealkylation sites (tertiary alicyclic amines) is 1. The number of carbonyl (C=O) groups is 1. The largest absolute Gasteiger partial charge is 0.480 e. The molecule has 0 spiro atoms. The molecule has 3 nitrogen and oxygen atoms in total. The molecule has 1 N–H and O–H groups in total. The first kappa shape index (κ1) is 22.0. The fraction of sp³-hybridized carbons (Fsp3) is 0.381. The summed E-state index contributed by atoms with van der Waals surface area (Å²) >= 11 is 7.90. The molecule has 3 rings (SSSR count). The normalized spacial score (nSPS) is 19.1. The highest BCUT2D eigenvalue weighted by Gasteiger charge is 2.38. The van der Waals surface area contributed by atoms with Gasteiger partial charge in [-0.25, -0.2) is 0 Å². The summed E-state index contributed by atoms with van der Waals surface area (Å²) in [6, 6.07) is 9.21. The van der Waals surface area contributed by atoms with Gasteiger partial charge in [0.15, 0.2) is 0 Å². The van der Waals surface area contributed by atoms with Gasteiger partial charge in [-0.2, -0.15) is 13.2 Å². The number of nitrogens with zero attached hydrogens (tertiary/aromatic N) is 1. The first-order valence-electron chi connectivity index (χ1n) is 9.21. The van der Waals surface area contributed by atoms with Crippen molar-refractivity contribution < 1.29 is 23.1 Å². The van der Waals surface area contributed by atoms with Crippen LogP contribution in [-0.4, -0.2) is 34.8 Å². The lowest BCUT2D eigenvalue weighted by atomic mass is 9.91. The van der Waals surface area contributed by atoms with Gasteiger partial charge >= 0.3 is 12.1 Å². The minimum absolute atomic E-state index is 0.187. The number of hydrogen-bond donors (Lipinski definition) is 1. The zero-order valence-corrected chi connectivity index (χ0v) is 17.3. The SMILES string of the molecule is CSc1ccc(C(c2cc(C(F)(F)F)ccc2Cl)N2CCCCC2C(=O)O)cc1. The molecule has 1 saturated heterocycles. The monoisotopic (exact) mass is 443 g/mol. The number of alkyl halides is 3. The Hall–Kier alpha value is -1.70. The Morgan fingerprint density at radius 1 is 1.21 bits per heavy atom. The van der Waals surface area contributed by atoms with Crippen LogP contribution in [0.4, 0.5) is 13.2 Å². The highest BCUT2D eigenvalue weighted by atomic mass is 35.5. The van der Waals surface area contributed by atoms with Crippen LogP contribution in [0.15, 0.2) is 47.4 Å². The van der Waals surface area contributed by atoms with E-state index in [0.29, 0.717) is 13.0 Å². The Kier molecular flexibility index (Phi) is 6.81. The lowest BCUT2D eigenvalue weighted by Crippen LogP contribution is -2.47. The fourth-order valence-electron chi connectivity index (χ4n) is 3.79. The Bertz CT molecular complexity index is 873. The standard InChI is InChI=1S/C21H21ClF3NO2S/c1-29-15-8-5-13(6-9-15)19(26-11-3-2-4-18(26)20(27)28)16-12-14(21(23,24)25)7-10-17(16)22/h5-10,12,18-19H,2-4,11H2,1H3,(H,27,28). The van der Waals surface area contributed by atoms with Gasteiger partial charge in [0.1, 0.15) is 6.04 Å². The summed E-state index contributed by atoms with van der Waals surface area (Å²) in [4.78, 5) is 14.7. The number of piperidine rings is 1. The van der Waals surface area contributed by atoms with Crippen LogP contribution >= 0.6 is 23.4 Å². The molecule has 2 unspecified atom stereocenters. The highest BCUT2D eigenvalue weighted by Crippen LogP contribution is 2.40. The Balaban J connectivity index is 2.16. The fourth-order valence-corrected chi connectivity index (χ4v) is 4.42. The third-order valence-corrected chi connectivity index (χ3v) is 6.30. The molecule has 0 saturated carbocycles. The van der Waals surface area contributed by atoms with E-state index in [1.165, 1.54) is 6.07 Å². The van der Waals surface area contributed by atoms with Crippen LogP contribution in [0.25, 0.3) is 0 Å². The van der Waals surface area contributed by atoms with Crippen LogP contribution in [0.5, 0.6) is 0 Å². The number of halogens is 4. The molecule has 29 heavy (non-hydrogen) atoms. The van der Waals surface area contributed by atoms with Crippen molar-refractivity contribution in [2.45, 2.75) is 42.4 Å². The second-order valence-electron chi connectivity index (χ2n) is 7.00. The topological polar surface area (TPSA) is 40.5 Å². The van der Waals surface area contributed by atoms with Crippen molar-refractivity contribution in [3.8, 4) is 0 Å². The van der Waals surface area contributed by atoms with E-state index in [4.69, 9.17) is 11.6 Å². The zero-order chi connectivity index (χ0) is 21.2. The molecule has 1 aliphatic heterocycles. The molecule has 1 heterocycles. The third-order valence-electron chi connectivity index (χ3n) is 5.21. The molecule has 1 fully saturated rings. The molecule has 2 aromatic rings. The number of thioether (sulfide) groups is 1. The van der Waals surface area contributed by atoms with Crippen LogP contribution in [0.2, 0.25) is 5.02 Å². The molecule has 0 radical (unpaired) electrons. The van der Waals surface area contributed by atoms with E-state index in [9.17, 15) is 23.1 Å². The molecule has 8 heteroatoms. The van der Waals surface area contributed by atoms with E-state index in [1.807, 2.05) is 30.5 Å². The van der Waals surface area contributed by atoms with Crippen LogP contribution in [0.3, 0.4) is 0 Å². The molecule has 0 aliphatic carbocycles. The van der Waals surface area contributed by atoms with Crippen LogP contribution in [0.1, 0.15) is 42.0 Å². The minimum atomic E-state index is -4.51. The van der Waals surface area contributed by atoms with Crippen molar-refractivity contribution in [3.63, 3.8) is 0 Å². The molecular weight excluding hydrogens is 423 g/mol. The average Bonchev–Trinajstić information content (AvgIpc) is 2.69. The van der Waals surface area contributed by atoms with Gasteiger partial charge in [0, 0.05) is 9.92 Å². The molecule has 0 amide bonds. The lowest BCUT2D eigenvalue weighted by molar-refractivity contribution is -0.145. The summed E-state index contributed by atoms with van der Waals surface area (Å²) in [6.45, 7) is 0.471. The summed E-state index contributed by atoms with van der Waals surface area (Å²) < 4.78 is 40.1. The molecule has 1 aliphatic rings. The summed E-state index contributed by atoms with van der Waals surface area (Å²) in [5, 5.41) is 9.92. The van der Waals surface area contributed by atoms with E-state index in [-0.39, 0.29) is 10.6 Å². The van der Waals surface area contributed by atoms with Crippen molar-refractivity contribution in [2.75, 3.05) is 12.8 Å². The van der Waals surface area contributed by atoms with Crippen molar-refractivity contribution >= 4 is 29.3 Å². The summed E-state index contributed by atoms with van der Waals surface area (Å²) in [5.41, 5.74) is 0.190. The van der Waals surface area contributed by atoms with Gasteiger partial charge in [0.2, 0.25) is 0 Å². The van der Waals surface area contributed by atoms with Gasteiger partial charge in [0.05, 0.1) is 11.6 Å². The lowest BCUT2D eigenvalue weighted by Gasteiger charge is -2.40. The van der Waals surface area contributed by atoms with E-state index in [0.717, 1.165) is 35.4 Å². The maximum Gasteiger partial charge on any atom is 0.416 e. The minimum Gasteiger partial charge on any atom is -0.480 e. The Labute approximate surface area is 176 Å². The first-order chi connectivity index (χ1) is 13.7. The van der Waals surface area contributed by atoms with Crippen LogP contribution in [-0.2, 0) is 11.0 Å². The van der Waals surface area contributed by atoms with Gasteiger partial charge in [-0.3, -0.25) is 9.69 Å². The molecule has 2 aromatic carbocycles. The van der Waals surface area contributed by atoms with Gasteiger partial charge in [-0.05, 0) is 67.1 Å². The summed E-state index contributed by atoms with van der Waals surface area (Å²) in [7, 11) is 0. The summed E-state index contributed by atoms with van der Waals surface area (Å²) in [5.74, 6) is -0.974. The number of carboxylic acids is 1. The number of rotatable bonds is 5. The van der Waals surface area contributed by atoms with Crippen molar-refractivity contribution in [2.24, 2.45) is 0 Å². The number of benzene rings is 2. The highest BCUT2D eigenvalue weighted by molar-refractivity contribution is 7.98. The van der Waals surface area contributed by atoms with E-state index < -0.39 is 29.8 Å². The maximum absolute atomic E-state index is 13.4. The smallest absolute Gasteiger partial charge is 0.416 e. The Morgan fingerprint density at radius 2 is 1.90 bits per heavy atom. The zero-order valence-electron chi connectivity index (χ0n) is 15.7. The quantitative estimate of drug-likeness (QED) is 0.566. The van der Waals surface area contributed by atoms with Crippen molar-refractivity contribution in [3.05, 3.63) is 64.2 Å². The van der Waals surface area contributed by atoms with Crippen molar-refractivity contribution in [1.29, 1.82) is 0 Å². The van der Waals surface area contributed by atoms with E-state index in [1.54, 1.807) is 16.7 Å². The second kappa shape index (κ2) is 8.98. The number of aliphatic carboxylic acids is 1. The van der Waals surface area contributed by atoms with Gasteiger partial charge in [-0.1, -0.05) is 30.2 Å². The summed E-state index contributed by atoms with van der Waals surface area (Å²) in [6.07, 6.45) is -0.588. The van der Waals surface area contributed by atoms with Gasteiger partial charge in [-0.15, -0.1) is 11.8 Å². The molecule has 0 bridgehead atoms. The van der Waals surface area contributed by atoms with Crippen LogP contribution in [0, 0.1) is 0 Å². The average molecular weight is 444 g/mol. The number of carboxylic acid groups (broad SMARTS) is 1. The van der Waals surface area contributed by atoms with Crippen molar-refractivity contribution in [1.82, 2.24) is 4.90 Å². The first-order valence-corrected chi connectivity index (χ1v) is 10.8. The Morgan fingerprint density at radius 3 is 2.48 bits per heavy atom. The van der Waals surface area contributed by atoms with Gasteiger partial charge in [0.25, 0.3) is 0 Å². The maximum atomic E-state index is 13.4. The second-order valence-corrected chi connectivity index (χ2v) is 8.28. The third kappa shape index (κ3) is 4.90. The van der Waals surface area contributed by atoms with Gasteiger partial charge < -0.3 is 5.11 Å². The molecular formula is C21H21ClF3NO2S. The van der Waals surface area contributed by atoms with E-state index >= 15 is 0 Å². The molecule has 156 valence electrons. The van der Waals surface area contributed by atoms with Crippen LogP contribution < -0.4 is 0 Å². The molecule has 0 aromatic heterocycles. The predicted octanol–water partition coefficient (Wildman–Crippen LogP) is 6.11. The predicted molar refractivity (Wildman–Crippen MR) is 109 cm³/mol.